The van der Waals surface area contributed by atoms with Gasteiger partial charge >= 0.3 is 6.03 Å². The van der Waals surface area contributed by atoms with Gasteiger partial charge in [-0.2, -0.15) is 0 Å². The first-order valence-electron chi connectivity index (χ1n) is 7.48. The Morgan fingerprint density at radius 3 is 2.70 bits per heavy atom. The molecule has 1 fully saturated rings. The Bertz CT molecular complexity index is 675. The largest absolute Gasteiger partial charge is 0.351 e. The molecule has 8 heteroatoms. The second kappa shape index (κ2) is 7.14. The van der Waals surface area contributed by atoms with Crippen LogP contribution in [0.25, 0.3) is 0 Å². The Hall–Kier alpha value is -1.86. The van der Waals surface area contributed by atoms with Crippen molar-refractivity contribution in [2.24, 2.45) is 5.73 Å². The zero-order valence-corrected chi connectivity index (χ0v) is 14.2. The van der Waals surface area contributed by atoms with E-state index in [2.05, 4.69) is 15.1 Å². The first-order chi connectivity index (χ1) is 11.1. The minimum Gasteiger partial charge on any atom is -0.351 e. The number of hydrogen-bond donors (Lipinski definition) is 1. The fourth-order valence-corrected chi connectivity index (χ4v) is 3.60. The SMILES string of the molecule is NC(=O)N1CCCN(c2nnc(Cc3ccc(Cl)cc3)s2)CC1. The molecule has 1 aromatic carbocycles. The van der Waals surface area contributed by atoms with Crippen molar-refractivity contribution in [2.45, 2.75) is 12.8 Å². The molecule has 1 aliphatic heterocycles. The van der Waals surface area contributed by atoms with Crippen LogP contribution in [0.4, 0.5) is 9.93 Å². The molecule has 122 valence electrons. The van der Waals surface area contributed by atoms with Gasteiger partial charge in [0, 0.05) is 37.6 Å². The van der Waals surface area contributed by atoms with Gasteiger partial charge in [-0.15, -0.1) is 10.2 Å². The number of carbonyl (C=O) groups is 1. The molecule has 1 aliphatic rings. The van der Waals surface area contributed by atoms with Crippen molar-refractivity contribution < 1.29 is 4.79 Å². The predicted octanol–water partition coefficient (Wildman–Crippen LogP) is 2.37. The molecular formula is C15H18ClN5OS. The van der Waals surface area contributed by atoms with Crippen molar-refractivity contribution in [1.29, 1.82) is 0 Å². The first-order valence-corrected chi connectivity index (χ1v) is 8.67. The molecule has 6 nitrogen and oxygen atoms in total. The summed E-state index contributed by atoms with van der Waals surface area (Å²) in [4.78, 5) is 15.1. The first kappa shape index (κ1) is 16.0. The van der Waals surface area contributed by atoms with Crippen LogP contribution in [-0.2, 0) is 6.42 Å². The van der Waals surface area contributed by atoms with Crippen molar-refractivity contribution in [3.8, 4) is 0 Å². The second-order valence-corrected chi connectivity index (χ2v) is 6.92. The van der Waals surface area contributed by atoms with E-state index in [1.54, 1.807) is 16.2 Å². The number of hydrogen-bond acceptors (Lipinski definition) is 5. The lowest BCUT2D eigenvalue weighted by molar-refractivity contribution is 0.211. The molecule has 23 heavy (non-hydrogen) atoms. The van der Waals surface area contributed by atoms with Crippen LogP contribution in [0.2, 0.25) is 5.02 Å². The van der Waals surface area contributed by atoms with E-state index >= 15 is 0 Å². The molecule has 1 aromatic heterocycles. The van der Waals surface area contributed by atoms with Gasteiger partial charge in [0.05, 0.1) is 0 Å². The normalized spacial score (nSPS) is 15.5. The molecule has 0 bridgehead atoms. The summed E-state index contributed by atoms with van der Waals surface area (Å²) in [6, 6.07) is 7.41. The lowest BCUT2D eigenvalue weighted by Gasteiger charge is -2.19. The average Bonchev–Trinajstić information content (AvgIpc) is 2.84. The number of nitrogens with zero attached hydrogens (tertiary/aromatic N) is 4. The minimum absolute atomic E-state index is 0.354. The third kappa shape index (κ3) is 4.11. The van der Waals surface area contributed by atoms with E-state index in [4.69, 9.17) is 17.3 Å². The Balaban J connectivity index is 1.64. The van der Waals surface area contributed by atoms with Crippen LogP contribution in [0.1, 0.15) is 17.0 Å². The average molecular weight is 352 g/mol. The fraction of sp³-hybridized carbons (Fsp3) is 0.400. The van der Waals surface area contributed by atoms with Gasteiger partial charge in [-0.3, -0.25) is 0 Å². The molecule has 2 aromatic rings. The van der Waals surface area contributed by atoms with Crippen LogP contribution >= 0.6 is 22.9 Å². The number of primary amides is 1. The van der Waals surface area contributed by atoms with Crippen LogP contribution in [0.5, 0.6) is 0 Å². The highest BCUT2D eigenvalue weighted by atomic mass is 35.5. The predicted molar refractivity (Wildman–Crippen MR) is 92.2 cm³/mol. The number of rotatable bonds is 3. The molecule has 0 saturated carbocycles. The Morgan fingerprint density at radius 1 is 1.17 bits per heavy atom. The molecular weight excluding hydrogens is 334 g/mol. The van der Waals surface area contributed by atoms with Crippen molar-refractivity contribution in [1.82, 2.24) is 15.1 Å². The van der Waals surface area contributed by atoms with Gasteiger partial charge in [0.2, 0.25) is 5.13 Å². The van der Waals surface area contributed by atoms with Crippen LogP contribution < -0.4 is 10.6 Å². The van der Waals surface area contributed by atoms with Gasteiger partial charge in [0.25, 0.3) is 0 Å². The van der Waals surface area contributed by atoms with Gasteiger partial charge in [-0.05, 0) is 24.1 Å². The van der Waals surface area contributed by atoms with Crippen LogP contribution in [-0.4, -0.2) is 47.3 Å². The maximum atomic E-state index is 11.3. The summed E-state index contributed by atoms with van der Waals surface area (Å²) in [6.07, 6.45) is 1.63. The molecule has 1 saturated heterocycles. The maximum absolute atomic E-state index is 11.3. The van der Waals surface area contributed by atoms with Crippen molar-refractivity contribution in [3.05, 3.63) is 39.9 Å². The molecule has 0 unspecified atom stereocenters. The number of amides is 2. The summed E-state index contributed by atoms with van der Waals surface area (Å²) in [5.74, 6) is 0. The van der Waals surface area contributed by atoms with E-state index in [9.17, 15) is 4.79 Å². The summed E-state index contributed by atoms with van der Waals surface area (Å²) in [5, 5.41) is 11.2. The lowest BCUT2D eigenvalue weighted by Crippen LogP contribution is -2.38. The quantitative estimate of drug-likeness (QED) is 0.921. The third-order valence-corrected chi connectivity index (χ3v) is 5.04. The highest BCUT2D eigenvalue weighted by Gasteiger charge is 2.19. The second-order valence-electron chi connectivity index (χ2n) is 5.45. The van der Waals surface area contributed by atoms with Crippen LogP contribution in [0.3, 0.4) is 0 Å². The highest BCUT2D eigenvalue weighted by molar-refractivity contribution is 7.15. The van der Waals surface area contributed by atoms with E-state index in [1.807, 2.05) is 24.3 Å². The maximum Gasteiger partial charge on any atom is 0.314 e. The van der Waals surface area contributed by atoms with E-state index in [1.165, 1.54) is 0 Å². The summed E-state index contributed by atoms with van der Waals surface area (Å²) < 4.78 is 0. The lowest BCUT2D eigenvalue weighted by atomic mass is 10.2. The fourth-order valence-electron chi connectivity index (χ4n) is 2.55. The third-order valence-electron chi connectivity index (χ3n) is 3.80. The number of benzene rings is 1. The summed E-state index contributed by atoms with van der Waals surface area (Å²) in [7, 11) is 0. The van der Waals surface area contributed by atoms with Crippen molar-refractivity contribution in [2.75, 3.05) is 31.1 Å². The monoisotopic (exact) mass is 351 g/mol. The van der Waals surface area contributed by atoms with Crippen molar-refractivity contribution >= 4 is 34.1 Å². The van der Waals surface area contributed by atoms with Crippen molar-refractivity contribution in [3.63, 3.8) is 0 Å². The number of urea groups is 1. The number of anilines is 1. The summed E-state index contributed by atoms with van der Waals surface area (Å²) in [6.45, 7) is 2.92. The standard InChI is InChI=1S/C15H18ClN5OS/c16-12-4-2-11(3-5-12)10-13-18-19-15(23-13)21-7-1-6-20(8-9-21)14(17)22/h2-5H,1,6-10H2,(H2,17,22). The zero-order chi connectivity index (χ0) is 16.2. The Labute approximate surface area is 143 Å². The van der Waals surface area contributed by atoms with Crippen LogP contribution in [0, 0.1) is 0 Å². The molecule has 3 rings (SSSR count). The van der Waals surface area contributed by atoms with Gasteiger partial charge in [0.15, 0.2) is 0 Å². The van der Waals surface area contributed by atoms with Gasteiger partial charge in [0.1, 0.15) is 5.01 Å². The molecule has 2 amide bonds. The molecule has 0 aliphatic carbocycles. The minimum atomic E-state index is -0.354. The smallest absolute Gasteiger partial charge is 0.314 e. The topological polar surface area (TPSA) is 75.4 Å². The van der Waals surface area contributed by atoms with E-state index in [0.717, 1.165) is 46.7 Å². The Kier molecular flexibility index (Phi) is 4.97. The summed E-state index contributed by atoms with van der Waals surface area (Å²) in [5.41, 5.74) is 6.52. The Morgan fingerprint density at radius 2 is 1.96 bits per heavy atom. The number of carbonyl (C=O) groups excluding carboxylic acids is 1. The molecule has 0 spiro atoms. The highest BCUT2D eigenvalue weighted by Crippen LogP contribution is 2.24. The number of halogens is 1. The van der Waals surface area contributed by atoms with E-state index in [0.29, 0.717) is 13.1 Å². The molecule has 2 N–H and O–H groups in total. The molecule has 2 heterocycles. The summed E-state index contributed by atoms with van der Waals surface area (Å²) >= 11 is 7.49. The van der Waals surface area contributed by atoms with Gasteiger partial charge in [-0.25, -0.2) is 4.79 Å². The number of aromatic nitrogens is 2. The van der Waals surface area contributed by atoms with E-state index in [-0.39, 0.29) is 6.03 Å². The molecule has 0 radical (unpaired) electrons. The number of nitrogens with two attached hydrogens (primary N) is 1. The molecule has 0 atom stereocenters. The van der Waals surface area contributed by atoms with Crippen LogP contribution in [0.15, 0.2) is 24.3 Å². The zero-order valence-electron chi connectivity index (χ0n) is 12.6. The van der Waals surface area contributed by atoms with E-state index < -0.39 is 0 Å². The van der Waals surface area contributed by atoms with Gasteiger partial charge < -0.3 is 15.5 Å². The van der Waals surface area contributed by atoms with Gasteiger partial charge in [-0.1, -0.05) is 35.1 Å².